The maximum Gasteiger partial charge on any atom is 0.341 e. The highest BCUT2D eigenvalue weighted by molar-refractivity contribution is 14.1. The van der Waals surface area contributed by atoms with Crippen molar-refractivity contribution in [2.24, 2.45) is 5.10 Å². The Bertz CT molecular complexity index is 1660. The Morgan fingerprint density at radius 2 is 1.90 bits per heavy atom. The molecule has 3 aromatic carbocycles. The van der Waals surface area contributed by atoms with Crippen LogP contribution in [0.3, 0.4) is 0 Å². The fourth-order valence-electron chi connectivity index (χ4n) is 4.30. The van der Waals surface area contributed by atoms with Crippen molar-refractivity contribution in [2.45, 2.75) is 33.6 Å². The summed E-state index contributed by atoms with van der Waals surface area (Å²) in [6.07, 6.45) is 1.55. The molecule has 0 fully saturated rings. The van der Waals surface area contributed by atoms with Crippen LogP contribution in [0.4, 0.5) is 0 Å². The predicted molar refractivity (Wildman–Crippen MR) is 163 cm³/mol. The number of hydrogen-bond acceptors (Lipinski definition) is 7. The van der Waals surface area contributed by atoms with Crippen molar-refractivity contribution in [2.75, 3.05) is 20.3 Å². The summed E-state index contributed by atoms with van der Waals surface area (Å²) in [6, 6.07) is 14.6. The van der Waals surface area contributed by atoms with Crippen LogP contribution in [0.25, 0.3) is 22.3 Å². The number of rotatable bonds is 10. The van der Waals surface area contributed by atoms with Crippen LogP contribution in [0.2, 0.25) is 0 Å². The molecular weight excluding hydrogens is 625 g/mol. The van der Waals surface area contributed by atoms with Crippen molar-refractivity contribution in [3.8, 4) is 28.6 Å². The zero-order valence-corrected chi connectivity index (χ0v) is 25.1. The number of carbonyl (C=O) groups is 1. The molecule has 0 bridgehead atoms. The Morgan fingerprint density at radius 3 is 2.58 bits per heavy atom. The van der Waals surface area contributed by atoms with Gasteiger partial charge < -0.3 is 19.3 Å². The maximum absolute atomic E-state index is 13.7. The summed E-state index contributed by atoms with van der Waals surface area (Å²) in [5.74, 6) is 0.991. The van der Waals surface area contributed by atoms with E-state index >= 15 is 0 Å². The smallest absolute Gasteiger partial charge is 0.341 e. The van der Waals surface area contributed by atoms with Crippen molar-refractivity contribution in [1.29, 1.82) is 0 Å². The number of carboxylic acid groups (broad SMARTS) is 1. The molecule has 4 rings (SSSR count). The Morgan fingerprint density at radius 1 is 1.15 bits per heavy atom. The highest BCUT2D eigenvalue weighted by Gasteiger charge is 2.19. The fraction of sp³-hybridized carbons (Fsp3) is 0.267. The number of ether oxygens (including phenoxy) is 3. The quantitative estimate of drug-likeness (QED) is 0.169. The Balaban J connectivity index is 1.90. The molecule has 4 aromatic rings. The Kier molecular flexibility index (Phi) is 9.08. The van der Waals surface area contributed by atoms with E-state index in [1.54, 1.807) is 37.6 Å². The highest BCUT2D eigenvalue weighted by Crippen LogP contribution is 2.35. The third kappa shape index (κ3) is 6.11. The molecule has 1 heterocycles. The van der Waals surface area contributed by atoms with Crippen LogP contribution in [-0.4, -0.2) is 47.3 Å². The lowest BCUT2D eigenvalue weighted by atomic mass is 9.96. The molecule has 0 aliphatic carbocycles. The molecule has 0 aliphatic heterocycles. The van der Waals surface area contributed by atoms with Crippen LogP contribution in [0.5, 0.6) is 17.2 Å². The van der Waals surface area contributed by atoms with Gasteiger partial charge in [-0.25, -0.2) is 9.78 Å². The molecule has 208 valence electrons. The maximum atomic E-state index is 13.7. The average molecular weight is 655 g/mol. The third-order valence-electron chi connectivity index (χ3n) is 6.19. The van der Waals surface area contributed by atoms with Crippen molar-refractivity contribution < 1.29 is 24.1 Å². The highest BCUT2D eigenvalue weighted by atomic mass is 127. The first-order valence-corrected chi connectivity index (χ1v) is 13.8. The molecule has 40 heavy (non-hydrogen) atoms. The predicted octanol–water partition coefficient (Wildman–Crippen LogP) is 5.85. The summed E-state index contributed by atoms with van der Waals surface area (Å²) in [5, 5.41) is 14.1. The van der Waals surface area contributed by atoms with E-state index in [1.807, 2.05) is 38.1 Å². The minimum Gasteiger partial charge on any atom is -0.496 e. The number of nitrogens with zero attached hydrogens (tertiary/aromatic N) is 3. The second-order valence-corrected chi connectivity index (χ2v) is 10.5. The number of aromatic nitrogens is 2. The average Bonchev–Trinajstić information content (AvgIpc) is 2.91. The van der Waals surface area contributed by atoms with Gasteiger partial charge in [0.05, 0.1) is 34.4 Å². The molecule has 1 aromatic heterocycles. The number of methoxy groups -OCH3 is 1. The lowest BCUT2D eigenvalue weighted by Crippen LogP contribution is -2.21. The van der Waals surface area contributed by atoms with Gasteiger partial charge >= 0.3 is 5.97 Å². The molecule has 1 N–H and O–H groups in total. The number of aliphatic carboxylic acids is 1. The molecular formula is C30H30IN3O6. The van der Waals surface area contributed by atoms with Crippen molar-refractivity contribution in [1.82, 2.24) is 9.66 Å². The Labute approximate surface area is 245 Å². The molecule has 0 unspecified atom stereocenters. The number of aryl methyl sites for hydroxylation is 1. The zero-order valence-electron chi connectivity index (χ0n) is 22.9. The molecule has 0 saturated heterocycles. The van der Waals surface area contributed by atoms with Crippen molar-refractivity contribution in [3.63, 3.8) is 0 Å². The monoisotopic (exact) mass is 655 g/mol. The number of para-hydroxylation sites is 1. The first kappa shape index (κ1) is 29.1. The fourth-order valence-corrected chi connectivity index (χ4v) is 5.08. The van der Waals surface area contributed by atoms with Crippen LogP contribution < -0.4 is 19.8 Å². The van der Waals surface area contributed by atoms with Gasteiger partial charge in [0, 0.05) is 5.56 Å². The van der Waals surface area contributed by atoms with Crippen molar-refractivity contribution in [3.05, 3.63) is 79.1 Å². The molecule has 0 atom stereocenters. The molecule has 0 radical (unpaired) electrons. The van der Waals surface area contributed by atoms with E-state index < -0.39 is 12.6 Å². The molecule has 0 aliphatic rings. The topological polar surface area (TPSA) is 112 Å². The van der Waals surface area contributed by atoms with Gasteiger partial charge in [0.25, 0.3) is 5.56 Å². The molecule has 9 nitrogen and oxygen atoms in total. The largest absolute Gasteiger partial charge is 0.496 e. The van der Waals surface area contributed by atoms with Gasteiger partial charge in [-0.05, 0) is 95.4 Å². The van der Waals surface area contributed by atoms with Crippen LogP contribution >= 0.6 is 22.6 Å². The van der Waals surface area contributed by atoms with Crippen LogP contribution in [-0.2, 0) is 4.79 Å². The van der Waals surface area contributed by atoms with E-state index in [4.69, 9.17) is 24.3 Å². The number of fused-ring (bicyclic) bond motifs is 1. The van der Waals surface area contributed by atoms with Gasteiger partial charge in [0.2, 0.25) is 0 Å². The van der Waals surface area contributed by atoms with Crippen LogP contribution in [0, 0.1) is 10.5 Å². The van der Waals surface area contributed by atoms with Gasteiger partial charge in [-0.1, -0.05) is 26.0 Å². The van der Waals surface area contributed by atoms with Crippen LogP contribution in [0.1, 0.15) is 43.4 Å². The molecule has 0 saturated carbocycles. The summed E-state index contributed by atoms with van der Waals surface area (Å²) in [5.41, 5.74) is 3.56. The van der Waals surface area contributed by atoms with E-state index in [2.05, 4.69) is 41.5 Å². The number of halogens is 1. The summed E-state index contributed by atoms with van der Waals surface area (Å²) < 4.78 is 18.7. The summed E-state index contributed by atoms with van der Waals surface area (Å²) >= 11 is 2.05. The summed E-state index contributed by atoms with van der Waals surface area (Å²) in [7, 11) is 1.64. The normalized spacial score (nSPS) is 11.4. The zero-order chi connectivity index (χ0) is 29.0. The second-order valence-electron chi connectivity index (χ2n) is 9.32. The van der Waals surface area contributed by atoms with E-state index in [9.17, 15) is 9.59 Å². The van der Waals surface area contributed by atoms with Gasteiger partial charge in [-0.15, -0.1) is 0 Å². The summed E-state index contributed by atoms with van der Waals surface area (Å²) in [4.78, 5) is 29.6. The minimum absolute atomic E-state index is 0.180. The van der Waals surface area contributed by atoms with E-state index in [1.165, 1.54) is 4.68 Å². The SMILES string of the molecule is CCOc1cc(C=Nn2c(-c3cc(C(C)C)c(OC)cc3C)nc3ccccc3c2=O)cc(I)c1OCC(=O)O. The number of benzene rings is 3. The standard InChI is InChI=1S/C30H30IN3O6/c1-6-39-26-13-19(12-23(31)28(26)40-16-27(35)36)15-32-34-29(33-24-10-8-7-9-20(24)30(34)37)22-14-21(17(2)3)25(38-5)11-18(22)4/h7-15,17H,6,16H2,1-5H3,(H,35,36). The van der Waals surface area contributed by atoms with E-state index in [-0.39, 0.29) is 11.5 Å². The number of carboxylic acids is 1. The lowest BCUT2D eigenvalue weighted by Gasteiger charge is -2.17. The minimum atomic E-state index is -1.09. The van der Waals surface area contributed by atoms with Gasteiger partial charge in [-0.2, -0.15) is 9.78 Å². The van der Waals surface area contributed by atoms with Gasteiger partial charge in [0.1, 0.15) is 5.75 Å². The van der Waals surface area contributed by atoms with Gasteiger partial charge in [-0.3, -0.25) is 4.79 Å². The lowest BCUT2D eigenvalue weighted by molar-refractivity contribution is -0.139. The molecule has 10 heteroatoms. The van der Waals surface area contributed by atoms with E-state index in [0.29, 0.717) is 44.0 Å². The summed E-state index contributed by atoms with van der Waals surface area (Å²) in [6.45, 7) is 7.79. The molecule has 0 spiro atoms. The van der Waals surface area contributed by atoms with Crippen molar-refractivity contribution >= 4 is 45.7 Å². The first-order valence-electron chi connectivity index (χ1n) is 12.7. The molecule has 0 amide bonds. The second kappa shape index (κ2) is 12.5. The first-order chi connectivity index (χ1) is 19.1. The third-order valence-corrected chi connectivity index (χ3v) is 6.99. The Hall–Kier alpha value is -3.93. The van der Waals surface area contributed by atoms with Crippen LogP contribution in [0.15, 0.2) is 58.4 Å². The number of hydrogen-bond donors (Lipinski definition) is 1. The van der Waals surface area contributed by atoms with Gasteiger partial charge in [0.15, 0.2) is 23.9 Å². The van der Waals surface area contributed by atoms with E-state index in [0.717, 1.165) is 22.4 Å².